The van der Waals surface area contributed by atoms with Gasteiger partial charge in [-0.05, 0) is 37.5 Å². The summed E-state index contributed by atoms with van der Waals surface area (Å²) in [5.74, 6) is -0.952. The molecule has 0 aliphatic heterocycles. The van der Waals surface area contributed by atoms with Crippen molar-refractivity contribution < 1.29 is 13.2 Å². The molecule has 1 aromatic carbocycles. The Kier molecular flexibility index (Phi) is 4.32. The van der Waals surface area contributed by atoms with Gasteiger partial charge in [0.25, 0.3) is 0 Å². The number of hydrogen-bond acceptors (Lipinski definition) is 4. The maximum Gasteiger partial charge on any atom is 0.235 e. The van der Waals surface area contributed by atoms with Crippen LogP contribution in [0.2, 0.25) is 0 Å². The van der Waals surface area contributed by atoms with Gasteiger partial charge < -0.3 is 11.1 Å². The molecule has 110 valence electrons. The molecule has 5 nitrogen and oxygen atoms in total. The van der Waals surface area contributed by atoms with Crippen LogP contribution < -0.4 is 11.1 Å². The number of nitrogens with one attached hydrogen (secondary N) is 1. The van der Waals surface area contributed by atoms with Crippen molar-refractivity contribution in [3.63, 3.8) is 0 Å². The summed E-state index contributed by atoms with van der Waals surface area (Å²) in [4.78, 5) is 12.0. The van der Waals surface area contributed by atoms with E-state index in [4.69, 9.17) is 5.73 Å². The Morgan fingerprint density at radius 1 is 1.35 bits per heavy atom. The molecule has 1 fully saturated rings. The Morgan fingerprint density at radius 3 is 2.65 bits per heavy atom. The van der Waals surface area contributed by atoms with Crippen LogP contribution in [0.5, 0.6) is 0 Å². The molecule has 0 bridgehead atoms. The fourth-order valence-electron chi connectivity index (χ4n) is 2.54. The molecule has 2 rings (SSSR count). The van der Waals surface area contributed by atoms with Crippen LogP contribution in [0.3, 0.4) is 0 Å². The van der Waals surface area contributed by atoms with Crippen LogP contribution in [0, 0.1) is 6.92 Å². The number of hydrogen-bond donors (Lipinski definition) is 2. The molecule has 6 heteroatoms. The van der Waals surface area contributed by atoms with E-state index < -0.39 is 21.5 Å². The lowest BCUT2D eigenvalue weighted by atomic mass is 10.2. The van der Waals surface area contributed by atoms with Crippen molar-refractivity contribution in [3.05, 3.63) is 23.8 Å². The van der Waals surface area contributed by atoms with Gasteiger partial charge in [0.05, 0.1) is 4.90 Å². The van der Waals surface area contributed by atoms with Crippen LogP contribution in [0.4, 0.5) is 5.69 Å². The molecular formula is C14H20N2O3S. The first-order valence-corrected chi connectivity index (χ1v) is 8.42. The van der Waals surface area contributed by atoms with Gasteiger partial charge in [-0.2, -0.15) is 0 Å². The average molecular weight is 296 g/mol. The molecular weight excluding hydrogens is 276 g/mol. The monoisotopic (exact) mass is 296 g/mol. The fraction of sp³-hybridized carbons (Fsp3) is 0.500. The van der Waals surface area contributed by atoms with Crippen molar-refractivity contribution in [2.24, 2.45) is 0 Å². The third-order valence-corrected chi connectivity index (χ3v) is 5.34. The third-order valence-electron chi connectivity index (χ3n) is 3.59. The van der Waals surface area contributed by atoms with E-state index in [1.807, 2.05) is 0 Å². The van der Waals surface area contributed by atoms with Gasteiger partial charge in [-0.15, -0.1) is 0 Å². The van der Waals surface area contributed by atoms with Crippen molar-refractivity contribution in [1.82, 2.24) is 5.32 Å². The zero-order chi connectivity index (χ0) is 14.8. The van der Waals surface area contributed by atoms with E-state index in [1.165, 1.54) is 6.07 Å². The third kappa shape index (κ3) is 3.50. The highest BCUT2D eigenvalue weighted by Crippen LogP contribution is 2.20. The van der Waals surface area contributed by atoms with Gasteiger partial charge >= 0.3 is 0 Å². The van der Waals surface area contributed by atoms with Crippen LogP contribution in [0.25, 0.3) is 0 Å². The minimum Gasteiger partial charge on any atom is -0.399 e. The molecule has 0 heterocycles. The van der Waals surface area contributed by atoms with Gasteiger partial charge in [0.2, 0.25) is 5.91 Å². The first-order valence-electron chi connectivity index (χ1n) is 6.77. The highest BCUT2D eigenvalue weighted by molar-refractivity contribution is 7.92. The maximum absolute atomic E-state index is 12.3. The number of carbonyl (C=O) groups is 1. The van der Waals surface area contributed by atoms with E-state index in [0.29, 0.717) is 11.3 Å². The summed E-state index contributed by atoms with van der Waals surface area (Å²) in [6.45, 7) is 1.70. The number of nitrogens with two attached hydrogens (primary N) is 1. The zero-order valence-corrected chi connectivity index (χ0v) is 12.4. The molecule has 20 heavy (non-hydrogen) atoms. The first-order chi connectivity index (χ1) is 9.38. The zero-order valence-electron chi connectivity index (χ0n) is 11.6. The second-order valence-corrected chi connectivity index (χ2v) is 7.29. The Bertz CT molecular complexity index is 605. The molecule has 0 saturated heterocycles. The Morgan fingerprint density at radius 2 is 2.00 bits per heavy atom. The summed E-state index contributed by atoms with van der Waals surface area (Å²) in [6.07, 6.45) is 4.05. The quantitative estimate of drug-likeness (QED) is 0.822. The first kappa shape index (κ1) is 14.8. The molecule has 0 atom stereocenters. The predicted octanol–water partition coefficient (Wildman–Crippen LogP) is 1.41. The van der Waals surface area contributed by atoms with Gasteiger partial charge in [-0.1, -0.05) is 18.9 Å². The lowest BCUT2D eigenvalue weighted by Gasteiger charge is -2.13. The van der Waals surface area contributed by atoms with Crippen LogP contribution in [0.1, 0.15) is 31.2 Å². The SMILES string of the molecule is Cc1ccc(N)cc1S(=O)(=O)CC(=O)NC1CCCC1. The number of nitrogen functional groups attached to an aromatic ring is 1. The average Bonchev–Trinajstić information content (AvgIpc) is 2.84. The maximum atomic E-state index is 12.3. The summed E-state index contributed by atoms with van der Waals surface area (Å²) >= 11 is 0. The van der Waals surface area contributed by atoms with E-state index in [0.717, 1.165) is 25.7 Å². The van der Waals surface area contributed by atoms with E-state index in [9.17, 15) is 13.2 Å². The topological polar surface area (TPSA) is 89.3 Å². The number of amides is 1. The molecule has 0 unspecified atom stereocenters. The summed E-state index contributed by atoms with van der Waals surface area (Å²) in [5.41, 5.74) is 6.61. The summed E-state index contributed by atoms with van der Waals surface area (Å²) in [5, 5.41) is 2.79. The summed E-state index contributed by atoms with van der Waals surface area (Å²) in [7, 11) is -3.65. The normalized spacial score (nSPS) is 16.2. The summed E-state index contributed by atoms with van der Waals surface area (Å²) < 4.78 is 24.5. The number of benzene rings is 1. The fourth-order valence-corrected chi connectivity index (χ4v) is 4.00. The number of aryl methyl sites for hydroxylation is 1. The standard InChI is InChI=1S/C14H20N2O3S/c1-10-6-7-11(15)8-13(10)20(18,19)9-14(17)16-12-4-2-3-5-12/h6-8,12H,2-5,9,15H2,1H3,(H,16,17). The van der Waals surface area contributed by atoms with Crippen LogP contribution in [-0.2, 0) is 14.6 Å². The molecule has 0 spiro atoms. The highest BCUT2D eigenvalue weighted by Gasteiger charge is 2.24. The van der Waals surface area contributed by atoms with E-state index >= 15 is 0 Å². The van der Waals surface area contributed by atoms with Crippen LogP contribution >= 0.6 is 0 Å². The van der Waals surface area contributed by atoms with E-state index in [2.05, 4.69) is 5.32 Å². The smallest absolute Gasteiger partial charge is 0.235 e. The Balaban J connectivity index is 2.10. The van der Waals surface area contributed by atoms with Crippen LogP contribution in [-0.4, -0.2) is 26.1 Å². The molecule has 0 radical (unpaired) electrons. The number of sulfone groups is 1. The number of rotatable bonds is 4. The summed E-state index contributed by atoms with van der Waals surface area (Å²) in [6, 6.07) is 4.83. The molecule has 1 aliphatic rings. The molecule has 1 amide bonds. The van der Waals surface area contributed by atoms with Gasteiger partial charge in [0, 0.05) is 11.7 Å². The van der Waals surface area contributed by atoms with Gasteiger partial charge in [-0.25, -0.2) is 8.42 Å². The number of anilines is 1. The van der Waals surface area contributed by atoms with E-state index in [1.54, 1.807) is 19.1 Å². The Hall–Kier alpha value is -1.56. The van der Waals surface area contributed by atoms with Gasteiger partial charge in [-0.3, -0.25) is 4.79 Å². The lowest BCUT2D eigenvalue weighted by molar-refractivity contribution is -0.119. The highest BCUT2D eigenvalue weighted by atomic mass is 32.2. The van der Waals surface area contributed by atoms with Crippen molar-refractivity contribution in [1.29, 1.82) is 0 Å². The van der Waals surface area contributed by atoms with Gasteiger partial charge in [0.15, 0.2) is 9.84 Å². The predicted molar refractivity (Wildman–Crippen MR) is 78.0 cm³/mol. The second kappa shape index (κ2) is 5.83. The largest absolute Gasteiger partial charge is 0.399 e. The molecule has 1 saturated carbocycles. The van der Waals surface area contributed by atoms with Crippen molar-refractivity contribution in [2.75, 3.05) is 11.5 Å². The lowest BCUT2D eigenvalue weighted by Crippen LogP contribution is -2.37. The molecule has 1 aromatic rings. The van der Waals surface area contributed by atoms with E-state index in [-0.39, 0.29) is 10.9 Å². The van der Waals surface area contributed by atoms with Crippen molar-refractivity contribution in [2.45, 2.75) is 43.5 Å². The van der Waals surface area contributed by atoms with Crippen LogP contribution in [0.15, 0.2) is 23.1 Å². The molecule has 0 aromatic heterocycles. The molecule has 3 N–H and O–H groups in total. The minimum atomic E-state index is -3.65. The van der Waals surface area contributed by atoms with Gasteiger partial charge in [0.1, 0.15) is 5.75 Å². The molecule has 1 aliphatic carbocycles. The minimum absolute atomic E-state index is 0.125. The van der Waals surface area contributed by atoms with Crippen molar-refractivity contribution in [3.8, 4) is 0 Å². The number of carbonyl (C=O) groups excluding carboxylic acids is 1. The second-order valence-electron chi connectivity index (χ2n) is 5.33. The van der Waals surface area contributed by atoms with Crippen molar-refractivity contribution >= 4 is 21.4 Å². The Labute approximate surface area is 119 Å².